The number of aromatic nitrogens is 1. The summed E-state index contributed by atoms with van der Waals surface area (Å²) >= 11 is 1.52. The Morgan fingerprint density at radius 3 is 2.68 bits per heavy atom. The van der Waals surface area contributed by atoms with Gasteiger partial charge in [0.2, 0.25) is 0 Å². The second kappa shape index (κ2) is 8.48. The van der Waals surface area contributed by atoms with Crippen LogP contribution in [0.1, 0.15) is 46.4 Å². The zero-order valence-corrected chi connectivity index (χ0v) is 16.3. The number of ketones is 1. The molecule has 5 heteroatoms. The third-order valence-corrected chi connectivity index (χ3v) is 5.87. The van der Waals surface area contributed by atoms with Gasteiger partial charge in [-0.15, -0.1) is 11.3 Å². The molecule has 1 aliphatic rings. The van der Waals surface area contributed by atoms with Gasteiger partial charge in [0.15, 0.2) is 5.78 Å². The molecule has 0 fully saturated rings. The van der Waals surface area contributed by atoms with Crippen molar-refractivity contribution < 1.29 is 14.3 Å². The van der Waals surface area contributed by atoms with Crippen LogP contribution in [0.5, 0.6) is 0 Å². The number of nitrogens with zero attached hydrogens (tertiary/aromatic N) is 1. The summed E-state index contributed by atoms with van der Waals surface area (Å²) in [5.41, 5.74) is 5.08. The van der Waals surface area contributed by atoms with E-state index in [1.54, 1.807) is 0 Å². The van der Waals surface area contributed by atoms with Crippen LogP contribution in [0, 0.1) is 0 Å². The summed E-state index contributed by atoms with van der Waals surface area (Å²) in [6.45, 7) is 0.134. The second-order valence-electron chi connectivity index (χ2n) is 6.93. The molecule has 3 aromatic rings. The van der Waals surface area contributed by atoms with Gasteiger partial charge in [-0.25, -0.2) is 4.98 Å². The van der Waals surface area contributed by atoms with Crippen LogP contribution in [0.2, 0.25) is 0 Å². The monoisotopic (exact) mass is 391 g/mol. The van der Waals surface area contributed by atoms with Crippen LogP contribution in [0.25, 0.3) is 10.6 Å². The van der Waals surface area contributed by atoms with Crippen molar-refractivity contribution in [3.05, 3.63) is 76.3 Å². The summed E-state index contributed by atoms with van der Waals surface area (Å²) in [6.07, 6.45) is 3.55. The molecule has 1 heterocycles. The van der Waals surface area contributed by atoms with Crippen molar-refractivity contribution in [2.75, 3.05) is 0 Å². The first-order valence-corrected chi connectivity index (χ1v) is 10.4. The van der Waals surface area contributed by atoms with Crippen molar-refractivity contribution in [3.8, 4) is 10.6 Å². The summed E-state index contributed by atoms with van der Waals surface area (Å²) < 4.78 is 5.29. The lowest BCUT2D eigenvalue weighted by Crippen LogP contribution is -2.08. The smallest absolute Gasteiger partial charge is 0.306 e. The topological polar surface area (TPSA) is 56.3 Å². The lowest BCUT2D eigenvalue weighted by atomic mass is 10.0. The summed E-state index contributed by atoms with van der Waals surface area (Å²) in [7, 11) is 0. The minimum absolute atomic E-state index is 0.00771. The number of benzene rings is 2. The number of hydrogen-bond acceptors (Lipinski definition) is 5. The molecule has 0 saturated carbocycles. The Morgan fingerprint density at radius 2 is 1.82 bits per heavy atom. The number of carbonyl (C=O) groups is 2. The average molecular weight is 391 g/mol. The van der Waals surface area contributed by atoms with E-state index in [0.29, 0.717) is 5.56 Å². The van der Waals surface area contributed by atoms with Crippen LogP contribution in [-0.2, 0) is 29.0 Å². The molecule has 0 saturated heterocycles. The lowest BCUT2D eigenvalue weighted by Gasteiger charge is -2.05. The summed E-state index contributed by atoms with van der Waals surface area (Å²) in [5, 5.41) is 2.80. The molecule has 142 valence electrons. The van der Waals surface area contributed by atoms with Gasteiger partial charge in [0, 0.05) is 22.9 Å². The minimum Gasteiger partial charge on any atom is -0.459 e. The number of Topliss-reactive ketones (excluding diaryl/α,β-unsaturated/α-hetero) is 1. The Hall–Kier alpha value is -2.79. The van der Waals surface area contributed by atoms with E-state index in [1.807, 2.05) is 53.9 Å². The van der Waals surface area contributed by atoms with Gasteiger partial charge in [-0.2, -0.15) is 0 Å². The molecule has 0 aliphatic heterocycles. The molecule has 2 aromatic carbocycles. The maximum absolute atomic E-state index is 12.4. The van der Waals surface area contributed by atoms with Crippen molar-refractivity contribution in [2.24, 2.45) is 0 Å². The largest absolute Gasteiger partial charge is 0.459 e. The highest BCUT2D eigenvalue weighted by Crippen LogP contribution is 2.24. The van der Waals surface area contributed by atoms with E-state index in [0.717, 1.165) is 35.5 Å². The number of thiazole rings is 1. The van der Waals surface area contributed by atoms with Gasteiger partial charge in [0.25, 0.3) is 0 Å². The first kappa shape index (κ1) is 18.6. The summed E-state index contributed by atoms with van der Waals surface area (Å²) in [5.74, 6) is -0.379. The Morgan fingerprint density at radius 1 is 1.00 bits per heavy atom. The van der Waals surface area contributed by atoms with E-state index in [-0.39, 0.29) is 31.2 Å². The zero-order chi connectivity index (χ0) is 19.3. The maximum atomic E-state index is 12.4. The summed E-state index contributed by atoms with van der Waals surface area (Å²) in [4.78, 5) is 28.9. The number of fused-ring (bicyclic) bond motifs is 1. The van der Waals surface area contributed by atoms with E-state index < -0.39 is 0 Å². The molecule has 1 aliphatic carbocycles. The van der Waals surface area contributed by atoms with E-state index >= 15 is 0 Å². The molecule has 0 atom stereocenters. The molecule has 0 radical (unpaired) electrons. The van der Waals surface area contributed by atoms with Crippen LogP contribution >= 0.6 is 11.3 Å². The van der Waals surface area contributed by atoms with Crippen LogP contribution in [0.15, 0.2) is 53.9 Å². The van der Waals surface area contributed by atoms with Gasteiger partial charge in [-0.1, -0.05) is 42.5 Å². The third-order valence-electron chi connectivity index (χ3n) is 4.93. The van der Waals surface area contributed by atoms with Crippen LogP contribution in [0.4, 0.5) is 0 Å². The first-order chi connectivity index (χ1) is 13.7. The van der Waals surface area contributed by atoms with Crippen molar-refractivity contribution in [3.63, 3.8) is 0 Å². The number of ether oxygens (including phenoxy) is 1. The number of aryl methyl sites for hydroxylation is 2. The fourth-order valence-electron chi connectivity index (χ4n) is 3.42. The van der Waals surface area contributed by atoms with Gasteiger partial charge < -0.3 is 4.74 Å². The predicted molar refractivity (Wildman–Crippen MR) is 109 cm³/mol. The second-order valence-corrected chi connectivity index (χ2v) is 7.79. The molecule has 28 heavy (non-hydrogen) atoms. The Labute approximate surface area is 168 Å². The van der Waals surface area contributed by atoms with Crippen molar-refractivity contribution >= 4 is 23.1 Å². The molecule has 4 nitrogen and oxygen atoms in total. The fourth-order valence-corrected chi connectivity index (χ4v) is 4.23. The molecule has 0 spiro atoms. The Kier molecular flexibility index (Phi) is 5.63. The number of esters is 1. The molecular weight excluding hydrogens is 370 g/mol. The zero-order valence-electron chi connectivity index (χ0n) is 15.5. The van der Waals surface area contributed by atoms with Crippen LogP contribution in [0.3, 0.4) is 0 Å². The average Bonchev–Trinajstić information content (AvgIpc) is 3.40. The van der Waals surface area contributed by atoms with Crippen molar-refractivity contribution in [1.82, 2.24) is 4.98 Å². The molecule has 0 N–H and O–H groups in total. The van der Waals surface area contributed by atoms with E-state index in [4.69, 9.17) is 4.74 Å². The van der Waals surface area contributed by atoms with E-state index in [9.17, 15) is 9.59 Å². The number of carbonyl (C=O) groups excluding carboxylic acids is 2. The Balaban J connectivity index is 1.26. The highest BCUT2D eigenvalue weighted by molar-refractivity contribution is 7.13. The third kappa shape index (κ3) is 4.37. The maximum Gasteiger partial charge on any atom is 0.306 e. The van der Waals surface area contributed by atoms with Gasteiger partial charge in [-0.05, 0) is 36.5 Å². The Bertz CT molecular complexity index is 994. The van der Waals surface area contributed by atoms with Crippen LogP contribution < -0.4 is 0 Å². The predicted octanol–water partition coefficient (Wildman–Crippen LogP) is 5.01. The molecule has 0 unspecified atom stereocenters. The molecule has 1 aromatic heterocycles. The molecule has 0 bridgehead atoms. The molecule has 4 rings (SSSR count). The minimum atomic E-state index is -0.372. The first-order valence-electron chi connectivity index (χ1n) is 9.49. The van der Waals surface area contributed by atoms with Crippen LogP contribution in [-0.4, -0.2) is 16.7 Å². The number of hydrogen-bond donors (Lipinski definition) is 0. The highest BCUT2D eigenvalue weighted by atomic mass is 32.1. The van der Waals surface area contributed by atoms with E-state index in [2.05, 4.69) is 4.98 Å². The lowest BCUT2D eigenvalue weighted by molar-refractivity contribution is -0.145. The van der Waals surface area contributed by atoms with Gasteiger partial charge in [-0.3, -0.25) is 9.59 Å². The normalized spacial score (nSPS) is 12.6. The van der Waals surface area contributed by atoms with Gasteiger partial charge in [0.05, 0.1) is 12.1 Å². The van der Waals surface area contributed by atoms with Gasteiger partial charge in [0.1, 0.15) is 11.6 Å². The molecule has 0 amide bonds. The standard InChI is InChI=1S/C23H21NO3S/c25-21(19-10-9-16-7-4-8-18(16)13-19)11-12-22(26)27-14-20-15-28-23(24-20)17-5-2-1-3-6-17/h1-3,5-6,9-10,13,15H,4,7-8,11-12,14H2. The van der Waals surface area contributed by atoms with Gasteiger partial charge >= 0.3 is 5.97 Å². The van der Waals surface area contributed by atoms with E-state index in [1.165, 1.54) is 22.5 Å². The summed E-state index contributed by atoms with van der Waals surface area (Å²) in [6, 6.07) is 15.8. The van der Waals surface area contributed by atoms with Crippen molar-refractivity contribution in [1.29, 1.82) is 0 Å². The molecular formula is C23H21NO3S. The quantitative estimate of drug-likeness (QED) is 0.420. The number of rotatable bonds is 7. The fraction of sp³-hybridized carbons (Fsp3) is 0.261. The van der Waals surface area contributed by atoms with Crippen molar-refractivity contribution in [2.45, 2.75) is 38.7 Å². The SMILES string of the molecule is O=C(CCC(=O)c1ccc2c(c1)CCC2)OCc1csc(-c2ccccc2)n1. The highest BCUT2D eigenvalue weighted by Gasteiger charge is 2.15.